The minimum Gasteiger partial charge on any atom is -0.461 e. The first kappa shape index (κ1) is 17.1. The van der Waals surface area contributed by atoms with Crippen molar-refractivity contribution < 1.29 is 19.1 Å². The van der Waals surface area contributed by atoms with Gasteiger partial charge in [0.1, 0.15) is 11.8 Å². The maximum atomic E-state index is 12.3. The number of benzene rings is 1. The fraction of sp³-hybridized carbons (Fsp3) is 0.222. The van der Waals surface area contributed by atoms with E-state index in [1.165, 1.54) is 6.20 Å². The number of hydrogen-bond acceptors (Lipinski definition) is 5. The molecule has 1 aliphatic heterocycles. The van der Waals surface area contributed by atoms with Crippen molar-refractivity contribution in [1.82, 2.24) is 9.88 Å². The number of carbonyl (C=O) groups excluding carboxylic acids is 3. The lowest BCUT2D eigenvalue weighted by Gasteiger charge is -2.13. The molecule has 1 aliphatic rings. The van der Waals surface area contributed by atoms with Gasteiger partial charge in [-0.3, -0.25) is 19.3 Å². The largest absolute Gasteiger partial charge is 0.461 e. The molecule has 7 heteroatoms. The van der Waals surface area contributed by atoms with Gasteiger partial charge in [-0.15, -0.1) is 0 Å². The molecular weight excluding hydrogens is 344 g/mol. The Morgan fingerprint density at radius 2 is 1.92 bits per heavy atom. The highest BCUT2D eigenvalue weighted by atomic mass is 35.5. The van der Waals surface area contributed by atoms with Crippen molar-refractivity contribution >= 4 is 29.4 Å². The maximum absolute atomic E-state index is 12.3. The molecule has 0 N–H and O–H groups in total. The Bertz CT molecular complexity index is 849. The summed E-state index contributed by atoms with van der Waals surface area (Å²) in [5.74, 6) is -1.25. The SMILES string of the molecule is Cc1ccc2c(c1)C(=O)N(CCC(=O)OCc1ccc(Cl)nc1)C2=O. The molecular formula is C18H15ClN2O4. The molecule has 0 bridgehead atoms. The number of ether oxygens (including phenoxy) is 1. The molecule has 0 unspecified atom stereocenters. The number of fused-ring (bicyclic) bond motifs is 1. The van der Waals surface area contributed by atoms with Crippen molar-refractivity contribution in [2.75, 3.05) is 6.54 Å². The highest BCUT2D eigenvalue weighted by Crippen LogP contribution is 2.24. The van der Waals surface area contributed by atoms with E-state index >= 15 is 0 Å². The molecule has 1 aromatic carbocycles. The van der Waals surface area contributed by atoms with E-state index in [2.05, 4.69) is 4.98 Å². The second kappa shape index (κ2) is 7.03. The quantitative estimate of drug-likeness (QED) is 0.466. The molecule has 3 rings (SSSR count). The molecule has 0 spiro atoms. The molecule has 6 nitrogen and oxygen atoms in total. The predicted octanol–water partition coefficient (Wildman–Crippen LogP) is 2.77. The molecule has 1 aromatic heterocycles. The number of aromatic nitrogens is 1. The monoisotopic (exact) mass is 358 g/mol. The summed E-state index contributed by atoms with van der Waals surface area (Å²) >= 11 is 5.68. The van der Waals surface area contributed by atoms with Crippen LogP contribution in [-0.2, 0) is 16.1 Å². The second-order valence-electron chi connectivity index (χ2n) is 5.71. The van der Waals surface area contributed by atoms with Gasteiger partial charge in [0.2, 0.25) is 0 Å². The Morgan fingerprint density at radius 3 is 2.64 bits per heavy atom. The molecule has 0 aliphatic carbocycles. The molecule has 0 fully saturated rings. The summed E-state index contributed by atoms with van der Waals surface area (Å²) in [7, 11) is 0. The van der Waals surface area contributed by atoms with E-state index in [1.54, 1.807) is 30.3 Å². The number of carbonyl (C=O) groups is 3. The zero-order valence-corrected chi connectivity index (χ0v) is 14.2. The average molecular weight is 359 g/mol. The van der Waals surface area contributed by atoms with Crippen molar-refractivity contribution in [2.45, 2.75) is 20.0 Å². The number of aryl methyl sites for hydroxylation is 1. The van der Waals surface area contributed by atoms with E-state index in [0.717, 1.165) is 10.5 Å². The third kappa shape index (κ3) is 3.69. The van der Waals surface area contributed by atoms with Crippen LogP contribution in [0, 0.1) is 6.92 Å². The van der Waals surface area contributed by atoms with Crippen LogP contribution < -0.4 is 0 Å². The van der Waals surface area contributed by atoms with Gasteiger partial charge in [0, 0.05) is 18.3 Å². The summed E-state index contributed by atoms with van der Waals surface area (Å²) in [6.07, 6.45) is 1.45. The maximum Gasteiger partial charge on any atom is 0.307 e. The Labute approximate surface area is 149 Å². The van der Waals surface area contributed by atoms with E-state index in [9.17, 15) is 14.4 Å². The van der Waals surface area contributed by atoms with Crippen LogP contribution in [-0.4, -0.2) is 34.2 Å². The van der Waals surface area contributed by atoms with Gasteiger partial charge >= 0.3 is 5.97 Å². The highest BCUT2D eigenvalue weighted by molar-refractivity contribution is 6.29. The van der Waals surface area contributed by atoms with Gasteiger partial charge < -0.3 is 4.74 Å². The average Bonchev–Trinajstić information content (AvgIpc) is 2.83. The second-order valence-corrected chi connectivity index (χ2v) is 6.10. The number of rotatable bonds is 5. The molecule has 0 atom stereocenters. The molecule has 0 saturated heterocycles. The molecule has 128 valence electrons. The minimum absolute atomic E-state index is 0.0108. The lowest BCUT2D eigenvalue weighted by Crippen LogP contribution is -2.32. The van der Waals surface area contributed by atoms with Crippen LogP contribution in [0.4, 0.5) is 0 Å². The topological polar surface area (TPSA) is 76.6 Å². The Morgan fingerprint density at radius 1 is 1.16 bits per heavy atom. The fourth-order valence-electron chi connectivity index (χ4n) is 2.54. The Hall–Kier alpha value is -2.73. The first-order valence-corrected chi connectivity index (χ1v) is 8.06. The highest BCUT2D eigenvalue weighted by Gasteiger charge is 2.35. The molecule has 2 amide bonds. The minimum atomic E-state index is -0.498. The standard InChI is InChI=1S/C18H15ClN2O4/c1-11-2-4-13-14(8-11)18(24)21(17(13)23)7-6-16(22)25-10-12-3-5-15(19)20-9-12/h2-5,8-9H,6-7,10H2,1H3. The number of nitrogens with zero attached hydrogens (tertiary/aromatic N) is 2. The van der Waals surface area contributed by atoms with E-state index in [-0.39, 0.29) is 31.4 Å². The fourth-order valence-corrected chi connectivity index (χ4v) is 2.65. The summed E-state index contributed by atoms with van der Waals surface area (Å²) in [6, 6.07) is 8.40. The lowest BCUT2D eigenvalue weighted by molar-refractivity contribution is -0.145. The van der Waals surface area contributed by atoms with Gasteiger partial charge in [-0.25, -0.2) is 4.98 Å². The molecule has 0 radical (unpaired) electrons. The zero-order valence-electron chi connectivity index (χ0n) is 13.5. The Balaban J connectivity index is 1.55. The lowest BCUT2D eigenvalue weighted by atomic mass is 10.1. The Kier molecular flexibility index (Phi) is 4.81. The smallest absolute Gasteiger partial charge is 0.307 e. The van der Waals surface area contributed by atoms with Crippen LogP contribution in [0.1, 0.15) is 38.3 Å². The van der Waals surface area contributed by atoms with Crippen LogP contribution in [0.5, 0.6) is 0 Å². The van der Waals surface area contributed by atoms with Gasteiger partial charge in [-0.05, 0) is 25.1 Å². The number of imide groups is 1. The first-order valence-electron chi connectivity index (χ1n) is 7.68. The first-order chi connectivity index (χ1) is 12.0. The molecule has 2 heterocycles. The van der Waals surface area contributed by atoms with Gasteiger partial charge in [0.15, 0.2) is 0 Å². The van der Waals surface area contributed by atoms with Crippen LogP contribution in [0.25, 0.3) is 0 Å². The van der Waals surface area contributed by atoms with Crippen molar-refractivity contribution in [3.8, 4) is 0 Å². The summed E-state index contributed by atoms with van der Waals surface area (Å²) < 4.78 is 5.12. The molecule has 2 aromatic rings. The van der Waals surface area contributed by atoms with Crippen molar-refractivity contribution in [1.29, 1.82) is 0 Å². The van der Waals surface area contributed by atoms with Crippen LogP contribution in [0.15, 0.2) is 36.5 Å². The van der Waals surface area contributed by atoms with Gasteiger partial charge in [0.25, 0.3) is 11.8 Å². The van der Waals surface area contributed by atoms with E-state index < -0.39 is 5.97 Å². The number of esters is 1. The van der Waals surface area contributed by atoms with E-state index in [0.29, 0.717) is 21.8 Å². The van der Waals surface area contributed by atoms with Crippen molar-refractivity contribution in [2.24, 2.45) is 0 Å². The summed E-state index contributed by atoms with van der Waals surface area (Å²) in [5, 5.41) is 0.357. The normalized spacial score (nSPS) is 13.1. The van der Waals surface area contributed by atoms with Gasteiger partial charge in [0.05, 0.1) is 17.5 Å². The number of amides is 2. The van der Waals surface area contributed by atoms with Crippen LogP contribution in [0.2, 0.25) is 5.15 Å². The van der Waals surface area contributed by atoms with Gasteiger partial charge in [-0.2, -0.15) is 0 Å². The van der Waals surface area contributed by atoms with E-state index in [4.69, 9.17) is 16.3 Å². The zero-order chi connectivity index (χ0) is 18.0. The number of pyridine rings is 1. The molecule has 0 saturated carbocycles. The number of halogens is 1. The summed E-state index contributed by atoms with van der Waals surface area (Å²) in [6.45, 7) is 1.90. The van der Waals surface area contributed by atoms with Crippen LogP contribution >= 0.6 is 11.6 Å². The third-order valence-electron chi connectivity index (χ3n) is 3.85. The van der Waals surface area contributed by atoms with Gasteiger partial charge in [-0.1, -0.05) is 29.3 Å². The van der Waals surface area contributed by atoms with Crippen LogP contribution in [0.3, 0.4) is 0 Å². The third-order valence-corrected chi connectivity index (χ3v) is 4.08. The predicted molar refractivity (Wildman–Crippen MR) is 90.2 cm³/mol. The van der Waals surface area contributed by atoms with Crippen molar-refractivity contribution in [3.05, 3.63) is 63.9 Å². The molecule has 25 heavy (non-hydrogen) atoms. The number of hydrogen-bond donors (Lipinski definition) is 0. The summed E-state index contributed by atoms with van der Waals surface area (Å²) in [4.78, 5) is 41.4. The van der Waals surface area contributed by atoms with Crippen molar-refractivity contribution in [3.63, 3.8) is 0 Å². The summed E-state index contributed by atoms with van der Waals surface area (Å²) in [5.41, 5.74) is 2.36. The van der Waals surface area contributed by atoms with E-state index in [1.807, 2.05) is 6.92 Å².